The van der Waals surface area contributed by atoms with Crippen LogP contribution in [0.3, 0.4) is 0 Å². The number of carbonyl (C=O) groups excluding carboxylic acids is 1. The summed E-state index contributed by atoms with van der Waals surface area (Å²) in [6, 6.07) is 30.5. The normalized spacial score (nSPS) is 15.0. The third kappa shape index (κ3) is 7.12. The minimum Gasteiger partial charge on any atom is -0.497 e. The fraction of sp³-hybridized carbons (Fsp3) is 0.152. The van der Waals surface area contributed by atoms with Gasteiger partial charge in [-0.05, 0) is 78.4 Å². The summed E-state index contributed by atoms with van der Waals surface area (Å²) in [7, 11) is 1.63. The molecule has 0 unspecified atom stereocenters. The highest BCUT2D eigenvalue weighted by Crippen LogP contribution is 2.37. The Morgan fingerprint density at radius 3 is 2.39 bits per heavy atom. The molecular weight excluding hydrogens is 556 g/mol. The maximum absolute atomic E-state index is 13.7. The van der Waals surface area contributed by atoms with E-state index < -0.39 is 0 Å². The molecule has 0 N–H and O–H groups in total. The first kappa shape index (κ1) is 28.3. The van der Waals surface area contributed by atoms with Crippen LogP contribution in [0.15, 0.2) is 107 Å². The zero-order chi connectivity index (χ0) is 28.6. The molecule has 1 heterocycles. The molecule has 41 heavy (non-hydrogen) atoms. The maximum atomic E-state index is 13.7. The molecule has 208 valence electrons. The molecule has 0 spiro atoms. The second kappa shape index (κ2) is 13.4. The van der Waals surface area contributed by atoms with Gasteiger partial charge >= 0.3 is 0 Å². The van der Waals surface area contributed by atoms with Crippen molar-refractivity contribution in [2.45, 2.75) is 20.1 Å². The second-order valence-corrected chi connectivity index (χ2v) is 10.5. The molecule has 1 aliphatic heterocycles. The number of para-hydroxylation sites is 1. The van der Waals surface area contributed by atoms with Crippen LogP contribution < -0.4 is 14.2 Å². The van der Waals surface area contributed by atoms with Gasteiger partial charge in [-0.25, -0.2) is 4.99 Å². The number of aliphatic imine (C=N–C) groups is 1. The number of hydrogen-bond acceptors (Lipinski definition) is 6. The predicted molar refractivity (Wildman–Crippen MR) is 166 cm³/mol. The molecule has 0 bridgehead atoms. The Hall–Kier alpha value is -4.20. The monoisotopic (exact) mass is 584 g/mol. The zero-order valence-electron chi connectivity index (χ0n) is 22.7. The van der Waals surface area contributed by atoms with E-state index in [1.54, 1.807) is 12.0 Å². The van der Waals surface area contributed by atoms with Gasteiger partial charge in [0.25, 0.3) is 5.91 Å². The molecule has 1 aliphatic rings. The van der Waals surface area contributed by atoms with E-state index in [4.69, 9.17) is 30.8 Å². The molecular formula is C33H29ClN2O4S. The Kier molecular flexibility index (Phi) is 9.29. The van der Waals surface area contributed by atoms with Gasteiger partial charge in [-0.1, -0.05) is 66.2 Å². The number of carbonyl (C=O) groups is 1. The number of amidine groups is 1. The van der Waals surface area contributed by atoms with Gasteiger partial charge in [-0.15, -0.1) is 0 Å². The van der Waals surface area contributed by atoms with Crippen LogP contribution in [-0.4, -0.2) is 29.7 Å². The molecule has 0 radical (unpaired) electrons. The van der Waals surface area contributed by atoms with Gasteiger partial charge in [0.15, 0.2) is 16.7 Å². The molecule has 0 aliphatic carbocycles. The lowest BCUT2D eigenvalue weighted by atomic mass is 10.1. The van der Waals surface area contributed by atoms with Crippen molar-refractivity contribution in [3.05, 3.63) is 124 Å². The van der Waals surface area contributed by atoms with Gasteiger partial charge in [0.2, 0.25) is 0 Å². The predicted octanol–water partition coefficient (Wildman–Crippen LogP) is 8.13. The van der Waals surface area contributed by atoms with Crippen molar-refractivity contribution in [3.63, 3.8) is 0 Å². The summed E-state index contributed by atoms with van der Waals surface area (Å²) in [5.74, 6) is 1.85. The highest BCUT2D eigenvalue weighted by atomic mass is 35.5. The van der Waals surface area contributed by atoms with Gasteiger partial charge in [0.05, 0.1) is 30.9 Å². The van der Waals surface area contributed by atoms with Crippen LogP contribution in [0, 0.1) is 0 Å². The van der Waals surface area contributed by atoms with E-state index in [-0.39, 0.29) is 5.91 Å². The fourth-order valence-electron chi connectivity index (χ4n) is 4.18. The second-order valence-electron chi connectivity index (χ2n) is 9.10. The first-order chi connectivity index (χ1) is 20.0. The topological polar surface area (TPSA) is 60.4 Å². The van der Waals surface area contributed by atoms with E-state index in [0.717, 1.165) is 28.1 Å². The number of hydrogen-bond donors (Lipinski definition) is 0. The average molecular weight is 585 g/mol. The van der Waals surface area contributed by atoms with Crippen molar-refractivity contribution in [2.75, 3.05) is 13.7 Å². The van der Waals surface area contributed by atoms with Crippen LogP contribution in [0.4, 0.5) is 5.69 Å². The van der Waals surface area contributed by atoms with Crippen molar-refractivity contribution < 1.29 is 19.0 Å². The van der Waals surface area contributed by atoms with Crippen molar-refractivity contribution in [1.29, 1.82) is 0 Å². The summed E-state index contributed by atoms with van der Waals surface area (Å²) in [5.41, 5.74) is 3.46. The van der Waals surface area contributed by atoms with E-state index in [1.807, 2.05) is 110 Å². The number of ether oxygens (including phenoxy) is 3. The number of amides is 1. The van der Waals surface area contributed by atoms with Gasteiger partial charge in [-0.2, -0.15) is 0 Å². The SMILES string of the molecule is CCOc1cc(/C=C2/SC(=Nc3ccccc3)N(Cc3ccc(OC)cc3)C2=O)ccc1OCc1ccccc1Cl. The molecule has 0 saturated carbocycles. The molecule has 5 rings (SSSR count). The first-order valence-corrected chi connectivity index (χ1v) is 14.3. The van der Waals surface area contributed by atoms with Crippen molar-refractivity contribution in [2.24, 2.45) is 4.99 Å². The quantitative estimate of drug-likeness (QED) is 0.176. The van der Waals surface area contributed by atoms with Crippen molar-refractivity contribution in [3.8, 4) is 17.2 Å². The van der Waals surface area contributed by atoms with Crippen LogP contribution in [0.1, 0.15) is 23.6 Å². The van der Waals surface area contributed by atoms with Crippen molar-refractivity contribution >= 4 is 46.2 Å². The van der Waals surface area contributed by atoms with Crippen LogP contribution in [0.25, 0.3) is 6.08 Å². The summed E-state index contributed by atoms with van der Waals surface area (Å²) in [4.78, 5) is 20.7. The van der Waals surface area contributed by atoms with E-state index in [9.17, 15) is 4.79 Å². The first-order valence-electron chi connectivity index (χ1n) is 13.1. The maximum Gasteiger partial charge on any atom is 0.267 e. The number of benzene rings is 4. The summed E-state index contributed by atoms with van der Waals surface area (Å²) < 4.78 is 17.2. The molecule has 1 saturated heterocycles. The van der Waals surface area contributed by atoms with Gasteiger partial charge in [0, 0.05) is 10.6 Å². The average Bonchev–Trinajstić information content (AvgIpc) is 3.27. The summed E-state index contributed by atoms with van der Waals surface area (Å²) in [6.45, 7) is 3.09. The Morgan fingerprint density at radius 2 is 1.66 bits per heavy atom. The number of thioether (sulfide) groups is 1. The molecule has 0 atom stereocenters. The molecule has 1 fully saturated rings. The lowest BCUT2D eigenvalue weighted by Gasteiger charge is -2.16. The van der Waals surface area contributed by atoms with Crippen LogP contribution in [0.5, 0.6) is 17.2 Å². The Labute approximate surface area is 249 Å². The fourth-order valence-corrected chi connectivity index (χ4v) is 5.37. The van der Waals surface area contributed by atoms with E-state index in [2.05, 4.69) is 0 Å². The minimum atomic E-state index is -0.113. The Balaban J connectivity index is 1.41. The van der Waals surface area contributed by atoms with E-state index in [1.165, 1.54) is 11.8 Å². The zero-order valence-corrected chi connectivity index (χ0v) is 24.3. The van der Waals surface area contributed by atoms with E-state index >= 15 is 0 Å². The Bertz CT molecular complexity index is 1570. The van der Waals surface area contributed by atoms with Crippen molar-refractivity contribution in [1.82, 2.24) is 4.90 Å². The third-order valence-electron chi connectivity index (χ3n) is 6.28. The molecule has 4 aromatic carbocycles. The largest absolute Gasteiger partial charge is 0.497 e. The van der Waals surface area contributed by atoms with E-state index in [0.29, 0.717) is 46.4 Å². The number of rotatable bonds is 10. The lowest BCUT2D eigenvalue weighted by Crippen LogP contribution is -2.28. The minimum absolute atomic E-state index is 0.113. The third-order valence-corrected chi connectivity index (χ3v) is 7.65. The molecule has 8 heteroatoms. The highest BCUT2D eigenvalue weighted by molar-refractivity contribution is 8.18. The van der Waals surface area contributed by atoms with Gasteiger partial charge in [0.1, 0.15) is 12.4 Å². The standard InChI is InChI=1S/C33H29ClN2O4S/c1-3-39-30-19-24(15-18-29(30)40-22-25-9-7-8-12-28(25)34)20-31-32(37)36(21-23-13-16-27(38-2)17-14-23)33(41-31)35-26-10-5-4-6-11-26/h4-20H,3,21-22H2,1-2H3/b31-20+,35-33?. The summed E-state index contributed by atoms with van der Waals surface area (Å²) in [6.07, 6.45) is 1.86. The summed E-state index contributed by atoms with van der Waals surface area (Å²) >= 11 is 7.64. The van der Waals surface area contributed by atoms with Crippen LogP contribution in [0.2, 0.25) is 5.02 Å². The number of halogens is 1. The van der Waals surface area contributed by atoms with Gasteiger partial charge < -0.3 is 14.2 Å². The smallest absolute Gasteiger partial charge is 0.267 e. The lowest BCUT2D eigenvalue weighted by molar-refractivity contribution is -0.122. The number of methoxy groups -OCH3 is 1. The Morgan fingerprint density at radius 1 is 0.902 bits per heavy atom. The van der Waals surface area contributed by atoms with Gasteiger partial charge in [-0.3, -0.25) is 9.69 Å². The molecule has 1 amide bonds. The molecule has 4 aromatic rings. The molecule has 6 nitrogen and oxygen atoms in total. The molecule has 0 aromatic heterocycles. The van der Waals surface area contributed by atoms with Crippen LogP contribution in [-0.2, 0) is 17.9 Å². The summed E-state index contributed by atoms with van der Waals surface area (Å²) in [5, 5.41) is 1.27. The number of nitrogens with zero attached hydrogens (tertiary/aromatic N) is 2. The highest BCUT2D eigenvalue weighted by Gasteiger charge is 2.33. The van der Waals surface area contributed by atoms with Crippen LogP contribution >= 0.6 is 23.4 Å².